The van der Waals surface area contributed by atoms with Crippen LogP contribution in [0.2, 0.25) is 0 Å². The van der Waals surface area contributed by atoms with Crippen LogP contribution in [0, 0.1) is 0 Å². The topological polar surface area (TPSA) is 29.1 Å². The molecular weight excluding hydrogens is 258 g/mol. The minimum atomic E-state index is 0.0511. The Morgan fingerprint density at radius 2 is 1.52 bits per heavy atom. The van der Waals surface area contributed by atoms with Crippen molar-refractivity contribution in [2.24, 2.45) is 0 Å². The molecule has 2 nitrogen and oxygen atoms in total. The second-order valence-corrected chi connectivity index (χ2v) is 5.06. The minimum Gasteiger partial charge on any atom is -0.326 e. The molecule has 0 fully saturated rings. The second-order valence-electron chi connectivity index (χ2n) is 5.06. The highest BCUT2D eigenvalue weighted by Gasteiger charge is 2.05. The zero-order valence-electron chi connectivity index (χ0n) is 11.8. The summed E-state index contributed by atoms with van der Waals surface area (Å²) in [6.45, 7) is 0. The summed E-state index contributed by atoms with van der Waals surface area (Å²) < 4.78 is 0. The summed E-state index contributed by atoms with van der Waals surface area (Å²) in [5.41, 5.74) is 2.07. The van der Waals surface area contributed by atoms with Gasteiger partial charge in [0.2, 0.25) is 5.91 Å². The number of hydrogen-bond acceptors (Lipinski definition) is 1. The molecule has 0 aliphatic carbocycles. The van der Waals surface area contributed by atoms with E-state index in [2.05, 4.69) is 17.4 Å². The zero-order valence-corrected chi connectivity index (χ0v) is 11.8. The average Bonchev–Trinajstić information content (AvgIpc) is 2.54. The molecule has 0 unspecified atom stereocenters. The molecular formula is C19H17NO. The normalized spacial score (nSPS) is 10.5. The molecule has 0 bridgehead atoms. The van der Waals surface area contributed by atoms with Gasteiger partial charge >= 0.3 is 0 Å². The fourth-order valence-electron chi connectivity index (χ4n) is 2.45. The third-order valence-corrected chi connectivity index (χ3v) is 3.55. The molecule has 21 heavy (non-hydrogen) atoms. The van der Waals surface area contributed by atoms with Crippen molar-refractivity contribution in [1.82, 2.24) is 0 Å². The number of aryl methyl sites for hydroxylation is 1. The Hall–Kier alpha value is -2.61. The van der Waals surface area contributed by atoms with Gasteiger partial charge in [-0.15, -0.1) is 0 Å². The summed E-state index contributed by atoms with van der Waals surface area (Å²) in [7, 11) is 0. The van der Waals surface area contributed by atoms with E-state index in [1.807, 2.05) is 60.7 Å². The largest absolute Gasteiger partial charge is 0.326 e. The minimum absolute atomic E-state index is 0.0511. The molecule has 0 spiro atoms. The third kappa shape index (κ3) is 3.29. The second kappa shape index (κ2) is 6.23. The van der Waals surface area contributed by atoms with Crippen LogP contribution in [-0.2, 0) is 11.2 Å². The third-order valence-electron chi connectivity index (χ3n) is 3.55. The fraction of sp³-hybridized carbons (Fsp3) is 0.105. The van der Waals surface area contributed by atoms with Gasteiger partial charge in [0.1, 0.15) is 0 Å². The van der Waals surface area contributed by atoms with E-state index >= 15 is 0 Å². The van der Waals surface area contributed by atoms with Crippen molar-refractivity contribution in [3.8, 4) is 0 Å². The molecule has 3 aromatic rings. The van der Waals surface area contributed by atoms with E-state index in [0.717, 1.165) is 22.9 Å². The Balaban J connectivity index is 1.69. The maximum atomic E-state index is 12.1. The van der Waals surface area contributed by atoms with E-state index in [1.54, 1.807) is 0 Å². The number of amides is 1. The predicted molar refractivity (Wildman–Crippen MR) is 87.3 cm³/mol. The summed E-state index contributed by atoms with van der Waals surface area (Å²) in [6, 6.07) is 24.1. The predicted octanol–water partition coefficient (Wildman–Crippen LogP) is 4.41. The summed E-state index contributed by atoms with van der Waals surface area (Å²) in [4.78, 5) is 12.1. The van der Waals surface area contributed by atoms with Gasteiger partial charge in [0.15, 0.2) is 0 Å². The maximum absolute atomic E-state index is 12.1. The Kier molecular flexibility index (Phi) is 3.97. The maximum Gasteiger partial charge on any atom is 0.224 e. The molecule has 0 atom stereocenters. The van der Waals surface area contributed by atoms with Gasteiger partial charge in [0, 0.05) is 17.5 Å². The van der Waals surface area contributed by atoms with Crippen LogP contribution in [0.5, 0.6) is 0 Å². The van der Waals surface area contributed by atoms with E-state index in [0.29, 0.717) is 6.42 Å². The molecule has 3 rings (SSSR count). The Labute approximate surface area is 124 Å². The van der Waals surface area contributed by atoms with Crippen LogP contribution >= 0.6 is 0 Å². The number of hydrogen-bond donors (Lipinski definition) is 1. The van der Waals surface area contributed by atoms with Crippen LogP contribution in [0.1, 0.15) is 12.0 Å². The average molecular weight is 275 g/mol. The van der Waals surface area contributed by atoms with Gasteiger partial charge in [0.25, 0.3) is 0 Å². The van der Waals surface area contributed by atoms with E-state index < -0.39 is 0 Å². The van der Waals surface area contributed by atoms with Gasteiger partial charge in [-0.05, 0) is 23.4 Å². The molecule has 0 aliphatic rings. The van der Waals surface area contributed by atoms with E-state index in [4.69, 9.17) is 0 Å². The number of fused-ring (bicyclic) bond motifs is 1. The highest BCUT2D eigenvalue weighted by Crippen LogP contribution is 2.23. The van der Waals surface area contributed by atoms with Crippen molar-refractivity contribution >= 4 is 22.4 Å². The van der Waals surface area contributed by atoms with Gasteiger partial charge in [-0.1, -0.05) is 66.7 Å². The monoisotopic (exact) mass is 275 g/mol. The van der Waals surface area contributed by atoms with Crippen molar-refractivity contribution < 1.29 is 4.79 Å². The molecule has 2 heteroatoms. The lowest BCUT2D eigenvalue weighted by Gasteiger charge is -2.08. The van der Waals surface area contributed by atoms with Gasteiger partial charge in [-0.2, -0.15) is 0 Å². The molecule has 0 saturated carbocycles. The lowest BCUT2D eigenvalue weighted by atomic mass is 10.1. The highest BCUT2D eigenvalue weighted by atomic mass is 16.1. The molecule has 1 N–H and O–H groups in total. The van der Waals surface area contributed by atoms with Crippen molar-refractivity contribution in [3.63, 3.8) is 0 Å². The van der Waals surface area contributed by atoms with Crippen molar-refractivity contribution in [3.05, 3.63) is 78.4 Å². The first-order chi connectivity index (χ1) is 10.3. The van der Waals surface area contributed by atoms with E-state index in [9.17, 15) is 4.79 Å². The van der Waals surface area contributed by atoms with Crippen molar-refractivity contribution in [2.75, 3.05) is 5.32 Å². The molecule has 3 aromatic carbocycles. The van der Waals surface area contributed by atoms with Gasteiger partial charge < -0.3 is 5.32 Å². The number of anilines is 1. The van der Waals surface area contributed by atoms with Gasteiger partial charge in [0.05, 0.1) is 0 Å². The summed E-state index contributed by atoms with van der Waals surface area (Å²) >= 11 is 0. The molecule has 0 heterocycles. The van der Waals surface area contributed by atoms with Crippen molar-refractivity contribution in [2.45, 2.75) is 12.8 Å². The Bertz CT molecular complexity index is 744. The lowest BCUT2D eigenvalue weighted by Crippen LogP contribution is -2.12. The Morgan fingerprint density at radius 1 is 0.810 bits per heavy atom. The smallest absolute Gasteiger partial charge is 0.224 e. The van der Waals surface area contributed by atoms with Gasteiger partial charge in [-0.3, -0.25) is 4.79 Å². The summed E-state index contributed by atoms with van der Waals surface area (Å²) in [5.74, 6) is 0.0511. The number of carbonyl (C=O) groups excluding carboxylic acids is 1. The van der Waals surface area contributed by atoms with Crippen LogP contribution in [0.25, 0.3) is 10.8 Å². The summed E-state index contributed by atoms with van der Waals surface area (Å²) in [5, 5.41) is 5.23. The molecule has 0 aliphatic heterocycles. The number of carbonyl (C=O) groups is 1. The molecule has 0 saturated heterocycles. The highest BCUT2D eigenvalue weighted by molar-refractivity contribution is 6.02. The summed E-state index contributed by atoms with van der Waals surface area (Å²) in [6.07, 6.45) is 1.25. The molecule has 1 amide bonds. The first-order valence-corrected chi connectivity index (χ1v) is 7.14. The van der Waals surface area contributed by atoms with Crippen LogP contribution in [0.4, 0.5) is 5.69 Å². The van der Waals surface area contributed by atoms with Gasteiger partial charge in [-0.25, -0.2) is 0 Å². The molecule has 0 aromatic heterocycles. The fourth-order valence-corrected chi connectivity index (χ4v) is 2.45. The molecule has 0 radical (unpaired) electrons. The SMILES string of the molecule is O=C(CCc1ccccc1)Nc1cccc2ccccc12. The number of rotatable bonds is 4. The number of benzene rings is 3. The van der Waals surface area contributed by atoms with Crippen LogP contribution in [0.3, 0.4) is 0 Å². The zero-order chi connectivity index (χ0) is 14.5. The number of nitrogens with one attached hydrogen (secondary N) is 1. The lowest BCUT2D eigenvalue weighted by molar-refractivity contribution is -0.116. The standard InChI is InChI=1S/C19H17NO/c21-19(14-13-15-7-2-1-3-8-15)20-18-12-6-10-16-9-4-5-11-17(16)18/h1-12H,13-14H2,(H,20,21). The first-order valence-electron chi connectivity index (χ1n) is 7.14. The Morgan fingerprint density at radius 3 is 2.38 bits per heavy atom. The van der Waals surface area contributed by atoms with Crippen LogP contribution < -0.4 is 5.32 Å². The van der Waals surface area contributed by atoms with Crippen LogP contribution in [0.15, 0.2) is 72.8 Å². The van der Waals surface area contributed by atoms with Crippen LogP contribution in [-0.4, -0.2) is 5.91 Å². The van der Waals surface area contributed by atoms with E-state index in [1.165, 1.54) is 5.56 Å². The first kappa shape index (κ1) is 13.4. The van der Waals surface area contributed by atoms with E-state index in [-0.39, 0.29) is 5.91 Å². The van der Waals surface area contributed by atoms with Crippen molar-refractivity contribution in [1.29, 1.82) is 0 Å². The quantitative estimate of drug-likeness (QED) is 0.750. The molecule has 104 valence electrons.